The van der Waals surface area contributed by atoms with Crippen LogP contribution in [0.2, 0.25) is 5.02 Å². The maximum atomic E-state index is 12.8. The summed E-state index contributed by atoms with van der Waals surface area (Å²) in [4.78, 5) is 33.1. The van der Waals surface area contributed by atoms with Gasteiger partial charge in [-0.2, -0.15) is 0 Å². The molecule has 0 radical (unpaired) electrons. The van der Waals surface area contributed by atoms with Crippen LogP contribution in [0, 0.1) is 0 Å². The number of hydrogen-bond acceptors (Lipinski definition) is 5. The van der Waals surface area contributed by atoms with Gasteiger partial charge in [0.2, 0.25) is 0 Å². The summed E-state index contributed by atoms with van der Waals surface area (Å²) in [5.74, 6) is -0.457. The fraction of sp³-hybridized carbons (Fsp3) is 0.227. The number of benzene rings is 2. The van der Waals surface area contributed by atoms with Gasteiger partial charge in [0.25, 0.3) is 11.8 Å². The summed E-state index contributed by atoms with van der Waals surface area (Å²) in [5.41, 5.74) is 2.97. The molecule has 2 amide bonds. The van der Waals surface area contributed by atoms with Gasteiger partial charge in [0.05, 0.1) is 5.69 Å². The van der Waals surface area contributed by atoms with Gasteiger partial charge in [-0.25, -0.2) is 4.98 Å². The van der Waals surface area contributed by atoms with Crippen molar-refractivity contribution >= 4 is 52.8 Å². The van der Waals surface area contributed by atoms with Crippen LogP contribution in [0.4, 0.5) is 5.69 Å². The average molecular weight is 477 g/mol. The van der Waals surface area contributed by atoms with E-state index >= 15 is 0 Å². The van der Waals surface area contributed by atoms with E-state index in [9.17, 15) is 9.59 Å². The number of anilines is 1. The second kappa shape index (κ2) is 10.2. The Hall–Kier alpha value is -2.45. The first-order valence-electron chi connectivity index (χ1n) is 9.60. The highest BCUT2D eigenvalue weighted by Crippen LogP contribution is 2.25. The molecule has 0 bridgehead atoms. The molecule has 6 nitrogen and oxygen atoms in total. The Morgan fingerprint density at radius 3 is 2.77 bits per heavy atom. The Morgan fingerprint density at radius 2 is 1.97 bits per heavy atom. The number of nitrogens with one attached hydrogen (secondary N) is 2. The molecule has 0 unspecified atom stereocenters. The normalized spacial score (nSPS) is 13.1. The smallest absolute Gasteiger partial charge is 0.284 e. The number of nitrogens with zero attached hydrogens (tertiary/aromatic N) is 2. The van der Waals surface area contributed by atoms with E-state index in [1.54, 1.807) is 24.3 Å². The molecule has 2 N–H and O–H groups in total. The van der Waals surface area contributed by atoms with Gasteiger partial charge in [-0.1, -0.05) is 35.9 Å². The van der Waals surface area contributed by atoms with Crippen molar-refractivity contribution in [2.24, 2.45) is 0 Å². The van der Waals surface area contributed by atoms with Gasteiger partial charge in [0.15, 0.2) is 5.01 Å². The maximum Gasteiger partial charge on any atom is 0.284 e. The number of carbonyl (C=O) groups is 2. The molecule has 0 aliphatic carbocycles. The molecule has 162 valence electrons. The number of rotatable bonds is 5. The molecule has 1 aliphatic heterocycles. The van der Waals surface area contributed by atoms with Crippen LogP contribution in [-0.4, -0.2) is 35.3 Å². The van der Waals surface area contributed by atoms with Crippen molar-refractivity contribution in [3.05, 3.63) is 80.3 Å². The second-order valence-electron chi connectivity index (χ2n) is 7.18. The summed E-state index contributed by atoms with van der Waals surface area (Å²) in [6.45, 7) is 2.06. The highest BCUT2D eigenvalue weighted by molar-refractivity contribution is 7.13. The maximum absolute atomic E-state index is 12.8. The second-order valence-corrected chi connectivity index (χ2v) is 8.70. The monoisotopic (exact) mass is 476 g/mol. The standard InChI is InChI=1S/C22H21ClN4O2S.ClH/c1-27-10-9-18-19(13-27)30-22(26-18)21(29)25-17-8-3-2-5-15(17)12-24-20(28)14-6-4-7-16(23)11-14;/h2-8,11H,9-10,12-13H2,1H3,(H,24,28)(H,25,29);1H. The lowest BCUT2D eigenvalue weighted by Crippen LogP contribution is -2.25. The summed E-state index contributed by atoms with van der Waals surface area (Å²) in [7, 11) is 2.07. The minimum atomic E-state index is -0.231. The number of thiazole rings is 1. The van der Waals surface area contributed by atoms with Crippen molar-refractivity contribution in [2.75, 3.05) is 18.9 Å². The van der Waals surface area contributed by atoms with E-state index in [1.165, 1.54) is 11.3 Å². The van der Waals surface area contributed by atoms with Crippen molar-refractivity contribution in [1.82, 2.24) is 15.2 Å². The van der Waals surface area contributed by atoms with Crippen LogP contribution in [0.5, 0.6) is 0 Å². The highest BCUT2D eigenvalue weighted by atomic mass is 35.5. The molecule has 2 aromatic carbocycles. The Balaban J connectivity index is 0.00000272. The fourth-order valence-electron chi connectivity index (χ4n) is 3.30. The van der Waals surface area contributed by atoms with Crippen LogP contribution >= 0.6 is 35.3 Å². The van der Waals surface area contributed by atoms with Crippen LogP contribution < -0.4 is 10.6 Å². The predicted octanol–water partition coefficient (Wildman–Crippen LogP) is 4.39. The molecule has 0 atom stereocenters. The van der Waals surface area contributed by atoms with E-state index in [0.717, 1.165) is 35.6 Å². The molecule has 9 heteroatoms. The molecule has 0 spiro atoms. The quantitative estimate of drug-likeness (QED) is 0.572. The summed E-state index contributed by atoms with van der Waals surface area (Å²) < 4.78 is 0. The summed E-state index contributed by atoms with van der Waals surface area (Å²) >= 11 is 7.40. The Bertz CT molecular complexity index is 1100. The number of likely N-dealkylation sites (N-methyl/N-ethyl adjacent to an activating group) is 1. The summed E-state index contributed by atoms with van der Waals surface area (Å²) in [6.07, 6.45) is 0.863. The van der Waals surface area contributed by atoms with E-state index in [1.807, 2.05) is 24.3 Å². The first-order chi connectivity index (χ1) is 14.5. The highest BCUT2D eigenvalue weighted by Gasteiger charge is 2.21. The lowest BCUT2D eigenvalue weighted by molar-refractivity contribution is 0.0950. The SMILES string of the molecule is CN1CCc2nc(C(=O)Nc3ccccc3CNC(=O)c3cccc(Cl)c3)sc2C1.Cl. The molecule has 4 rings (SSSR count). The topological polar surface area (TPSA) is 74.3 Å². The number of para-hydroxylation sites is 1. The molecular formula is C22H22Cl2N4O2S. The molecule has 1 aliphatic rings. The number of hydrogen-bond donors (Lipinski definition) is 2. The first-order valence-corrected chi connectivity index (χ1v) is 10.8. The molecular weight excluding hydrogens is 455 g/mol. The number of fused-ring (bicyclic) bond motifs is 1. The van der Waals surface area contributed by atoms with Gasteiger partial charge >= 0.3 is 0 Å². The number of halogens is 2. The van der Waals surface area contributed by atoms with Gasteiger partial charge < -0.3 is 15.5 Å². The molecule has 0 saturated carbocycles. The van der Waals surface area contributed by atoms with Crippen molar-refractivity contribution in [2.45, 2.75) is 19.5 Å². The van der Waals surface area contributed by atoms with E-state index in [4.69, 9.17) is 11.6 Å². The zero-order valence-corrected chi connectivity index (χ0v) is 19.2. The number of carbonyl (C=O) groups excluding carboxylic acids is 2. The summed E-state index contributed by atoms with van der Waals surface area (Å²) in [5, 5.41) is 6.79. The average Bonchev–Trinajstić information content (AvgIpc) is 3.16. The van der Waals surface area contributed by atoms with Crippen LogP contribution in [0.25, 0.3) is 0 Å². The summed E-state index contributed by atoms with van der Waals surface area (Å²) in [6, 6.07) is 14.2. The van der Waals surface area contributed by atoms with Crippen LogP contribution in [-0.2, 0) is 19.5 Å². The molecule has 31 heavy (non-hydrogen) atoms. The third-order valence-electron chi connectivity index (χ3n) is 4.91. The van der Waals surface area contributed by atoms with Gasteiger partial charge in [-0.15, -0.1) is 23.7 Å². The third kappa shape index (κ3) is 5.62. The minimum Gasteiger partial charge on any atom is -0.348 e. The van der Waals surface area contributed by atoms with E-state index in [-0.39, 0.29) is 30.8 Å². The molecule has 2 heterocycles. The van der Waals surface area contributed by atoms with Crippen LogP contribution in [0.3, 0.4) is 0 Å². The molecule has 1 aromatic heterocycles. The third-order valence-corrected chi connectivity index (χ3v) is 6.22. The predicted molar refractivity (Wildman–Crippen MR) is 126 cm³/mol. The van der Waals surface area contributed by atoms with Crippen molar-refractivity contribution in [1.29, 1.82) is 0 Å². The Labute approximate surface area is 196 Å². The number of amides is 2. The minimum absolute atomic E-state index is 0. The van der Waals surface area contributed by atoms with Crippen molar-refractivity contribution in [3.8, 4) is 0 Å². The van der Waals surface area contributed by atoms with Gasteiger partial charge in [-0.05, 0) is 36.9 Å². The van der Waals surface area contributed by atoms with Crippen LogP contribution in [0.15, 0.2) is 48.5 Å². The van der Waals surface area contributed by atoms with Gasteiger partial charge in [0.1, 0.15) is 0 Å². The largest absolute Gasteiger partial charge is 0.348 e. The fourth-order valence-corrected chi connectivity index (χ4v) is 4.57. The van der Waals surface area contributed by atoms with Gasteiger partial charge in [0, 0.05) is 47.2 Å². The molecule has 3 aromatic rings. The molecule has 0 saturated heterocycles. The lowest BCUT2D eigenvalue weighted by Gasteiger charge is -2.20. The Morgan fingerprint density at radius 1 is 1.16 bits per heavy atom. The van der Waals surface area contributed by atoms with Crippen LogP contribution in [0.1, 0.15) is 36.3 Å². The number of aromatic nitrogens is 1. The van der Waals surface area contributed by atoms with Crippen molar-refractivity contribution in [3.63, 3.8) is 0 Å². The van der Waals surface area contributed by atoms with E-state index in [2.05, 4.69) is 27.6 Å². The van der Waals surface area contributed by atoms with E-state index < -0.39 is 0 Å². The Kier molecular flexibility index (Phi) is 7.67. The van der Waals surface area contributed by atoms with Crippen molar-refractivity contribution < 1.29 is 9.59 Å². The zero-order valence-electron chi connectivity index (χ0n) is 16.9. The molecule has 0 fully saturated rings. The first kappa shape index (κ1) is 23.2. The van der Waals surface area contributed by atoms with Gasteiger partial charge in [-0.3, -0.25) is 9.59 Å². The van der Waals surface area contributed by atoms with E-state index in [0.29, 0.717) is 21.3 Å². The lowest BCUT2D eigenvalue weighted by atomic mass is 10.1. The zero-order chi connectivity index (χ0) is 21.1.